The first kappa shape index (κ1) is 19.7. The second-order valence-corrected chi connectivity index (χ2v) is 9.76. The number of sulfonamides is 1. The Morgan fingerprint density at radius 1 is 0.968 bits per heavy atom. The summed E-state index contributed by atoms with van der Waals surface area (Å²) in [4.78, 5) is 12.9. The van der Waals surface area contributed by atoms with E-state index in [1.165, 1.54) is 25.0 Å². The number of hydrogen-bond donors (Lipinski definition) is 0. The molecular weight excluding hydrogens is 412 g/mol. The molecule has 158 valence electrons. The van der Waals surface area contributed by atoms with Crippen molar-refractivity contribution >= 4 is 15.7 Å². The van der Waals surface area contributed by atoms with Gasteiger partial charge in [0.15, 0.2) is 5.65 Å². The van der Waals surface area contributed by atoms with Crippen LogP contribution in [0.3, 0.4) is 0 Å². The number of benzene rings is 2. The molecule has 1 aliphatic rings. The normalized spacial score (nSPS) is 14.6. The van der Waals surface area contributed by atoms with Gasteiger partial charge in [0, 0.05) is 19.3 Å². The van der Waals surface area contributed by atoms with E-state index >= 15 is 0 Å². The van der Waals surface area contributed by atoms with Crippen molar-refractivity contribution in [1.82, 2.24) is 18.5 Å². The zero-order chi connectivity index (χ0) is 21.6. The summed E-state index contributed by atoms with van der Waals surface area (Å²) in [5.41, 5.74) is 4.02. The Kier molecular flexibility index (Phi) is 4.75. The zero-order valence-corrected chi connectivity index (χ0v) is 17.9. The Morgan fingerprint density at radius 2 is 1.71 bits per heavy atom. The number of nitrogens with zero attached hydrogens (tertiary/aromatic N) is 4. The van der Waals surface area contributed by atoms with Crippen LogP contribution in [0.4, 0.5) is 0 Å². The van der Waals surface area contributed by atoms with Gasteiger partial charge in [0.25, 0.3) is 0 Å². The summed E-state index contributed by atoms with van der Waals surface area (Å²) < 4.78 is 31.1. The maximum atomic E-state index is 13.5. The topological polar surface area (TPSA) is 76.7 Å². The molecule has 0 amide bonds. The fourth-order valence-electron chi connectivity index (χ4n) is 4.00. The molecule has 8 heteroatoms. The monoisotopic (exact) mass is 434 g/mol. The lowest BCUT2D eigenvalue weighted by Gasteiger charge is -2.28. The molecule has 2 aromatic carbocycles. The van der Waals surface area contributed by atoms with Gasteiger partial charge in [-0.05, 0) is 42.2 Å². The van der Waals surface area contributed by atoms with Crippen LogP contribution in [0, 0.1) is 6.92 Å². The SMILES string of the molecule is Cc1ccc(Cn2nc3c(S(=O)(=O)N4CCc5ccccc5C4)cccn3c2=O)cc1. The molecule has 0 atom stereocenters. The lowest BCUT2D eigenvalue weighted by Crippen LogP contribution is -2.36. The van der Waals surface area contributed by atoms with Crippen LogP contribution >= 0.6 is 0 Å². The number of fused-ring (bicyclic) bond motifs is 2. The van der Waals surface area contributed by atoms with Crippen molar-refractivity contribution in [2.24, 2.45) is 0 Å². The van der Waals surface area contributed by atoms with E-state index in [-0.39, 0.29) is 22.8 Å². The smallest absolute Gasteiger partial charge is 0.249 e. The molecule has 31 heavy (non-hydrogen) atoms. The van der Waals surface area contributed by atoms with Gasteiger partial charge in [0.05, 0.1) is 6.54 Å². The predicted octanol–water partition coefficient (Wildman–Crippen LogP) is 2.60. The largest absolute Gasteiger partial charge is 0.350 e. The van der Waals surface area contributed by atoms with Crippen molar-refractivity contribution < 1.29 is 8.42 Å². The first-order chi connectivity index (χ1) is 14.9. The minimum absolute atomic E-state index is 0.0501. The van der Waals surface area contributed by atoms with Crippen molar-refractivity contribution in [3.8, 4) is 0 Å². The van der Waals surface area contributed by atoms with E-state index in [0.717, 1.165) is 16.7 Å². The summed E-state index contributed by atoms with van der Waals surface area (Å²) in [6.07, 6.45) is 2.22. The average Bonchev–Trinajstić information content (AvgIpc) is 3.10. The lowest BCUT2D eigenvalue weighted by atomic mass is 10.0. The van der Waals surface area contributed by atoms with Crippen molar-refractivity contribution in [3.63, 3.8) is 0 Å². The summed E-state index contributed by atoms with van der Waals surface area (Å²) in [7, 11) is -3.82. The van der Waals surface area contributed by atoms with Crippen molar-refractivity contribution in [2.45, 2.75) is 31.3 Å². The molecule has 0 unspecified atom stereocenters. The molecule has 2 aromatic heterocycles. The van der Waals surface area contributed by atoms with E-state index in [9.17, 15) is 13.2 Å². The Labute approximate surface area is 180 Å². The summed E-state index contributed by atoms with van der Waals surface area (Å²) in [5, 5.41) is 4.40. The highest BCUT2D eigenvalue weighted by molar-refractivity contribution is 7.89. The summed E-state index contributed by atoms with van der Waals surface area (Å²) in [5.74, 6) is 0. The summed E-state index contributed by atoms with van der Waals surface area (Å²) in [6, 6.07) is 18.8. The second-order valence-electron chi connectivity index (χ2n) is 7.85. The van der Waals surface area contributed by atoms with Gasteiger partial charge in [-0.25, -0.2) is 22.3 Å². The van der Waals surface area contributed by atoms with Gasteiger partial charge < -0.3 is 0 Å². The van der Waals surface area contributed by atoms with Gasteiger partial charge in [-0.1, -0.05) is 54.1 Å². The van der Waals surface area contributed by atoms with Crippen LogP contribution in [0.5, 0.6) is 0 Å². The lowest BCUT2D eigenvalue weighted by molar-refractivity contribution is 0.391. The van der Waals surface area contributed by atoms with E-state index in [1.54, 1.807) is 12.3 Å². The van der Waals surface area contributed by atoms with E-state index < -0.39 is 10.0 Å². The first-order valence-corrected chi connectivity index (χ1v) is 11.6. The summed E-state index contributed by atoms with van der Waals surface area (Å²) >= 11 is 0. The van der Waals surface area contributed by atoms with Crippen LogP contribution in [-0.2, 0) is 29.5 Å². The second kappa shape index (κ2) is 7.47. The molecule has 1 aliphatic heterocycles. The third-order valence-electron chi connectivity index (χ3n) is 5.74. The molecule has 7 nitrogen and oxygen atoms in total. The molecule has 0 saturated heterocycles. The van der Waals surface area contributed by atoms with Crippen LogP contribution in [0.15, 0.2) is 76.6 Å². The minimum atomic E-state index is -3.82. The van der Waals surface area contributed by atoms with Crippen molar-refractivity contribution in [3.05, 3.63) is 99.6 Å². The molecule has 5 rings (SSSR count). The molecule has 4 aromatic rings. The maximum Gasteiger partial charge on any atom is 0.350 e. The number of pyridine rings is 1. The van der Waals surface area contributed by atoms with Crippen LogP contribution in [-0.4, -0.2) is 33.4 Å². The Hall–Kier alpha value is -3.23. The third kappa shape index (κ3) is 3.47. The van der Waals surface area contributed by atoms with Crippen LogP contribution in [0.25, 0.3) is 5.65 Å². The van der Waals surface area contributed by atoms with Crippen LogP contribution in [0.1, 0.15) is 22.3 Å². The maximum absolute atomic E-state index is 13.5. The van der Waals surface area contributed by atoms with Crippen LogP contribution in [0.2, 0.25) is 0 Å². The molecule has 0 aliphatic carbocycles. The molecule has 0 spiro atoms. The Balaban J connectivity index is 1.54. The minimum Gasteiger partial charge on any atom is -0.249 e. The number of hydrogen-bond acceptors (Lipinski definition) is 4. The first-order valence-electron chi connectivity index (χ1n) is 10.1. The summed E-state index contributed by atoms with van der Waals surface area (Å²) in [6.45, 7) is 2.98. The number of rotatable bonds is 4. The Bertz CT molecular complexity index is 1440. The number of aryl methyl sites for hydroxylation is 1. The van der Waals surface area contributed by atoms with Crippen molar-refractivity contribution in [1.29, 1.82) is 0 Å². The average molecular weight is 435 g/mol. The highest BCUT2D eigenvalue weighted by Gasteiger charge is 2.31. The van der Waals surface area contributed by atoms with Gasteiger partial charge in [-0.2, -0.15) is 4.31 Å². The Morgan fingerprint density at radius 3 is 2.48 bits per heavy atom. The number of aromatic nitrogens is 3. The molecule has 0 saturated carbocycles. The van der Waals surface area contributed by atoms with Crippen molar-refractivity contribution in [2.75, 3.05) is 6.54 Å². The van der Waals surface area contributed by atoms with Gasteiger partial charge in [-0.15, -0.1) is 5.10 Å². The van der Waals surface area contributed by atoms with Crippen LogP contribution < -0.4 is 5.69 Å². The zero-order valence-electron chi connectivity index (χ0n) is 17.1. The highest BCUT2D eigenvalue weighted by atomic mass is 32.2. The fraction of sp³-hybridized carbons (Fsp3) is 0.217. The molecule has 3 heterocycles. The van der Waals surface area contributed by atoms with E-state index in [0.29, 0.717) is 19.5 Å². The molecule has 0 fully saturated rings. The highest BCUT2D eigenvalue weighted by Crippen LogP contribution is 2.26. The molecule has 0 radical (unpaired) electrons. The molecule has 0 bridgehead atoms. The van der Waals surface area contributed by atoms with E-state index in [4.69, 9.17) is 0 Å². The van der Waals surface area contributed by atoms with Gasteiger partial charge >= 0.3 is 5.69 Å². The fourth-order valence-corrected chi connectivity index (χ4v) is 5.54. The molecular formula is C23H22N4O3S. The van der Waals surface area contributed by atoms with Gasteiger partial charge in [0.1, 0.15) is 4.90 Å². The third-order valence-corrected chi connectivity index (χ3v) is 7.61. The quantitative estimate of drug-likeness (QED) is 0.495. The van der Waals surface area contributed by atoms with Gasteiger partial charge in [0.2, 0.25) is 10.0 Å². The van der Waals surface area contributed by atoms with E-state index in [2.05, 4.69) is 5.10 Å². The predicted molar refractivity (Wildman–Crippen MR) is 117 cm³/mol. The van der Waals surface area contributed by atoms with Gasteiger partial charge in [-0.3, -0.25) is 0 Å². The standard InChI is InChI=1S/C23H22N4O3S/c1-17-8-10-18(11-9-17)15-27-23(28)26-13-4-7-21(22(26)24-27)31(29,30)25-14-12-19-5-2-3-6-20(19)16-25/h2-11,13H,12,14-16H2,1H3. The van der Waals surface area contributed by atoms with E-state index in [1.807, 2.05) is 55.5 Å². The molecule has 0 N–H and O–H groups in total.